The van der Waals surface area contributed by atoms with Crippen LogP contribution in [0.3, 0.4) is 0 Å². The third kappa shape index (κ3) is 6.12. The summed E-state index contributed by atoms with van der Waals surface area (Å²) in [5.74, 6) is 0.182. The minimum absolute atomic E-state index is 0.0351. The van der Waals surface area contributed by atoms with Crippen LogP contribution in [0.25, 0.3) is 0 Å². The molecule has 1 spiro atoms. The molecule has 1 aliphatic carbocycles. The molecule has 42 heavy (non-hydrogen) atoms. The second kappa shape index (κ2) is 12.0. The lowest BCUT2D eigenvalue weighted by molar-refractivity contribution is -0.143. The fourth-order valence-electron chi connectivity index (χ4n) is 6.13. The molecule has 2 atom stereocenters. The van der Waals surface area contributed by atoms with Crippen LogP contribution < -0.4 is 26.4 Å². The molecule has 1 saturated heterocycles. The number of ether oxygens (including phenoxy) is 1. The number of hydrogen-bond donors (Lipinski definition) is 3. The quantitative estimate of drug-likeness (QED) is 0.318. The van der Waals surface area contributed by atoms with Crippen LogP contribution in [-0.2, 0) is 6.18 Å². The van der Waals surface area contributed by atoms with E-state index < -0.39 is 17.8 Å². The van der Waals surface area contributed by atoms with Gasteiger partial charge in [0.1, 0.15) is 10.8 Å². The van der Waals surface area contributed by atoms with Crippen LogP contribution in [-0.4, -0.2) is 47.1 Å². The van der Waals surface area contributed by atoms with E-state index in [1.807, 2.05) is 17.0 Å². The molecule has 0 bridgehead atoms. The lowest BCUT2D eigenvalue weighted by atomic mass is 9.73. The van der Waals surface area contributed by atoms with Crippen LogP contribution in [0.2, 0.25) is 0 Å². The Morgan fingerprint density at radius 1 is 1.17 bits per heavy atom. The zero-order chi connectivity index (χ0) is 30.1. The van der Waals surface area contributed by atoms with Gasteiger partial charge in [-0.05, 0) is 67.9 Å². The van der Waals surface area contributed by atoms with Crippen molar-refractivity contribution in [3.63, 3.8) is 0 Å². The van der Waals surface area contributed by atoms with Crippen molar-refractivity contribution < 1.29 is 22.7 Å². The van der Waals surface area contributed by atoms with E-state index in [1.54, 1.807) is 7.11 Å². The number of nitrogens with two attached hydrogens (primary N) is 2. The van der Waals surface area contributed by atoms with Gasteiger partial charge in [0.05, 0.1) is 7.11 Å². The van der Waals surface area contributed by atoms with Gasteiger partial charge in [-0.2, -0.15) is 13.2 Å². The number of carbonyl (C=O) groups is 1. The average Bonchev–Trinajstić information content (AvgIpc) is 3.34. The number of carbonyl (C=O) groups excluding carboxylic acids is 1. The van der Waals surface area contributed by atoms with Gasteiger partial charge in [-0.15, -0.1) is 0 Å². The molecule has 1 amide bonds. The molecule has 0 radical (unpaired) electrons. The average molecular weight is 602 g/mol. The number of rotatable bonds is 8. The molecule has 9 nitrogen and oxygen atoms in total. The maximum absolute atomic E-state index is 13.5. The van der Waals surface area contributed by atoms with Crippen LogP contribution in [0.1, 0.15) is 66.8 Å². The summed E-state index contributed by atoms with van der Waals surface area (Å²) >= 11 is 0.653. The summed E-state index contributed by atoms with van der Waals surface area (Å²) in [6.45, 7) is 3.41. The highest BCUT2D eigenvalue weighted by atomic mass is 32.2. The van der Waals surface area contributed by atoms with E-state index in [-0.39, 0.29) is 38.7 Å². The number of pyridine rings is 1. The van der Waals surface area contributed by atoms with E-state index in [1.165, 1.54) is 17.7 Å². The number of aromatic nitrogens is 3. The van der Waals surface area contributed by atoms with Crippen molar-refractivity contribution in [2.24, 2.45) is 11.1 Å². The minimum atomic E-state index is -4.67. The second-order valence-electron chi connectivity index (χ2n) is 10.9. The van der Waals surface area contributed by atoms with Gasteiger partial charge in [-0.1, -0.05) is 30.3 Å². The monoisotopic (exact) mass is 601 g/mol. The van der Waals surface area contributed by atoms with Gasteiger partial charge in [0.15, 0.2) is 23.0 Å². The van der Waals surface area contributed by atoms with Crippen molar-refractivity contribution in [2.45, 2.75) is 67.2 Å². The van der Waals surface area contributed by atoms with Gasteiger partial charge in [-0.3, -0.25) is 9.78 Å². The molecule has 1 unspecified atom stereocenters. The summed E-state index contributed by atoms with van der Waals surface area (Å²) in [5, 5.41) is 3.83. The molecule has 2 fully saturated rings. The summed E-state index contributed by atoms with van der Waals surface area (Å²) in [6, 6.07) is 11.3. The number of primary amides is 1. The topological polar surface area (TPSA) is 132 Å². The third-order valence-electron chi connectivity index (χ3n) is 8.38. The molecule has 1 saturated carbocycles. The Morgan fingerprint density at radius 3 is 2.52 bits per heavy atom. The third-order valence-corrected chi connectivity index (χ3v) is 9.43. The predicted octanol–water partition coefficient (Wildman–Crippen LogP) is 5.22. The van der Waals surface area contributed by atoms with Gasteiger partial charge in [0.25, 0.3) is 5.91 Å². The van der Waals surface area contributed by atoms with E-state index in [0.717, 1.165) is 44.1 Å². The number of alkyl halides is 3. The highest BCUT2D eigenvalue weighted by molar-refractivity contribution is 7.99. The number of benzene rings is 1. The number of anilines is 2. The number of halogens is 3. The first-order valence-electron chi connectivity index (χ1n) is 13.8. The molecule has 5 rings (SSSR count). The smallest absolute Gasteiger partial charge is 0.434 e. The number of piperidine rings is 1. The maximum atomic E-state index is 13.5. The highest BCUT2D eigenvalue weighted by Crippen LogP contribution is 2.48. The van der Waals surface area contributed by atoms with Crippen molar-refractivity contribution in [1.29, 1.82) is 0 Å². The molecule has 13 heteroatoms. The minimum Gasteiger partial charge on any atom is -0.497 e. The van der Waals surface area contributed by atoms with Crippen molar-refractivity contribution in [3.05, 3.63) is 59.5 Å². The Bertz CT molecular complexity index is 1430. The first-order valence-corrected chi connectivity index (χ1v) is 14.6. The zero-order valence-electron chi connectivity index (χ0n) is 23.4. The largest absolute Gasteiger partial charge is 0.497 e. The van der Waals surface area contributed by atoms with Gasteiger partial charge in [-0.25, -0.2) is 9.97 Å². The van der Waals surface area contributed by atoms with E-state index in [2.05, 4.69) is 39.3 Å². The number of amides is 1. The Labute approximate surface area is 246 Å². The second-order valence-corrected chi connectivity index (χ2v) is 11.9. The van der Waals surface area contributed by atoms with Crippen molar-refractivity contribution in [1.82, 2.24) is 20.3 Å². The fourth-order valence-corrected chi connectivity index (χ4v) is 7.03. The molecule has 1 aromatic carbocycles. The molecule has 1 aliphatic heterocycles. The Morgan fingerprint density at radius 2 is 1.88 bits per heavy atom. The number of hydrogen-bond acceptors (Lipinski definition) is 9. The summed E-state index contributed by atoms with van der Waals surface area (Å²) in [7, 11) is 1.65. The Kier molecular flexibility index (Phi) is 8.51. The first kappa shape index (κ1) is 29.9. The Balaban J connectivity index is 1.32. The molecule has 5 N–H and O–H groups in total. The van der Waals surface area contributed by atoms with Gasteiger partial charge < -0.3 is 26.4 Å². The molecule has 2 aromatic heterocycles. The van der Waals surface area contributed by atoms with Crippen molar-refractivity contribution in [2.75, 3.05) is 30.8 Å². The summed E-state index contributed by atoms with van der Waals surface area (Å²) < 4.78 is 45.7. The summed E-state index contributed by atoms with van der Waals surface area (Å²) in [5.41, 5.74) is 12.0. The van der Waals surface area contributed by atoms with Crippen LogP contribution >= 0.6 is 11.8 Å². The van der Waals surface area contributed by atoms with E-state index in [9.17, 15) is 18.0 Å². The molecular weight excluding hydrogens is 567 g/mol. The number of methoxy groups -OCH3 is 1. The van der Waals surface area contributed by atoms with E-state index >= 15 is 0 Å². The van der Waals surface area contributed by atoms with Gasteiger partial charge in [0, 0.05) is 36.3 Å². The fraction of sp³-hybridized carbons (Fsp3) is 0.448. The number of nitrogen functional groups attached to an aromatic ring is 1. The normalized spacial score (nSPS) is 19.2. The van der Waals surface area contributed by atoms with Gasteiger partial charge >= 0.3 is 6.18 Å². The van der Waals surface area contributed by atoms with Crippen LogP contribution in [0.15, 0.2) is 52.5 Å². The first-order chi connectivity index (χ1) is 20.0. The van der Waals surface area contributed by atoms with Gasteiger partial charge in [0.2, 0.25) is 0 Å². The summed E-state index contributed by atoms with van der Waals surface area (Å²) in [6.07, 6.45) is 1.47. The highest BCUT2D eigenvalue weighted by Gasteiger charge is 2.45. The van der Waals surface area contributed by atoms with E-state index in [4.69, 9.17) is 16.2 Å². The maximum Gasteiger partial charge on any atom is 0.434 e. The van der Waals surface area contributed by atoms with Crippen LogP contribution in [0.5, 0.6) is 5.75 Å². The molecule has 224 valence electrons. The molecule has 3 aromatic rings. The zero-order valence-corrected chi connectivity index (χ0v) is 24.3. The van der Waals surface area contributed by atoms with Crippen LogP contribution in [0, 0.1) is 5.41 Å². The predicted molar refractivity (Wildman–Crippen MR) is 154 cm³/mol. The number of nitrogens with zero attached hydrogens (tertiary/aromatic N) is 4. The number of nitrogens with one attached hydrogen (secondary N) is 1. The van der Waals surface area contributed by atoms with Crippen molar-refractivity contribution >= 4 is 29.3 Å². The van der Waals surface area contributed by atoms with E-state index in [0.29, 0.717) is 30.9 Å². The van der Waals surface area contributed by atoms with Crippen LogP contribution in [0.4, 0.5) is 24.8 Å². The SMILES string of the molecule is COc1ccc([C@@H](C)NC2CCCC23CCN(c2nc(N)c(Sc4cccnc4C(F)(F)F)nc2C(N)=O)CC3)cc1. The lowest BCUT2D eigenvalue weighted by Crippen LogP contribution is -2.49. The summed E-state index contributed by atoms with van der Waals surface area (Å²) in [4.78, 5) is 26.4. The Hall–Kier alpha value is -3.58. The standard InChI is InChI=1S/C29H34F3N7O2S/c1-17(18-7-9-19(41-2)10-8-18)36-21-6-3-11-28(21)12-15-39(16-13-28)26-22(25(34)40)37-27(24(33)38-26)42-20-5-4-14-35-23(20)29(30,31)32/h4-5,7-10,14,17,21,36H,3,6,11-13,15-16H2,1-2H3,(H2,33,38)(H2,34,40)/t17-,21?/m1/s1. The molecule has 3 heterocycles. The van der Waals surface area contributed by atoms with Crippen molar-refractivity contribution in [3.8, 4) is 5.75 Å². The molecular formula is C29H34F3N7O2S. The lowest BCUT2D eigenvalue weighted by Gasteiger charge is -2.44. The molecule has 2 aliphatic rings.